The van der Waals surface area contributed by atoms with Gasteiger partial charge < -0.3 is 19.1 Å². The summed E-state index contributed by atoms with van der Waals surface area (Å²) in [5.41, 5.74) is -0.295. The van der Waals surface area contributed by atoms with Crippen LogP contribution in [0, 0.1) is 0 Å². The zero-order valence-electron chi connectivity index (χ0n) is 19.3. The summed E-state index contributed by atoms with van der Waals surface area (Å²) in [6, 6.07) is 3.47. The fraction of sp³-hybridized carbons (Fsp3) is 0.522. The van der Waals surface area contributed by atoms with Crippen molar-refractivity contribution in [3.63, 3.8) is 0 Å². The zero-order chi connectivity index (χ0) is 24.6. The molecule has 5 amide bonds. The Morgan fingerprint density at radius 2 is 1.88 bits per heavy atom. The van der Waals surface area contributed by atoms with Crippen LogP contribution >= 0.6 is 0 Å². The van der Waals surface area contributed by atoms with Crippen molar-refractivity contribution in [1.29, 1.82) is 0 Å². The molecule has 0 aliphatic carbocycles. The second-order valence-corrected chi connectivity index (χ2v) is 9.38. The fourth-order valence-electron chi connectivity index (χ4n) is 4.04. The number of nitrogens with one attached hydrogen (secondary N) is 1. The van der Waals surface area contributed by atoms with Crippen LogP contribution in [-0.2, 0) is 19.1 Å². The van der Waals surface area contributed by atoms with Crippen molar-refractivity contribution >= 4 is 29.7 Å². The van der Waals surface area contributed by atoms with Crippen molar-refractivity contribution < 1.29 is 38.2 Å². The second kappa shape index (κ2) is 9.05. The predicted octanol–water partition coefficient (Wildman–Crippen LogP) is 1.10. The van der Waals surface area contributed by atoms with Crippen LogP contribution in [0.2, 0.25) is 0 Å². The Bertz CT molecular complexity index is 1050. The minimum absolute atomic E-state index is 0.0554. The Morgan fingerprint density at radius 3 is 2.59 bits per heavy atom. The maximum Gasteiger partial charge on any atom is 0.410 e. The third kappa shape index (κ3) is 4.89. The Balaban J connectivity index is 1.39. The van der Waals surface area contributed by atoms with Gasteiger partial charge >= 0.3 is 6.09 Å². The average Bonchev–Trinajstić information content (AvgIpc) is 3.01. The summed E-state index contributed by atoms with van der Waals surface area (Å²) in [7, 11) is 0. The SMILES string of the molecule is CC(C)(C)OC(=O)N1CCO[C@H](COc2ccc3c(c2)C(=O)N(C2CCC(=O)NC2=O)C3=O)C1. The van der Waals surface area contributed by atoms with Crippen LogP contribution in [0.4, 0.5) is 4.79 Å². The first-order valence-corrected chi connectivity index (χ1v) is 11.1. The van der Waals surface area contributed by atoms with Crippen LogP contribution in [-0.4, -0.2) is 83.6 Å². The Hall–Kier alpha value is -3.47. The molecule has 1 N–H and O–H groups in total. The molecule has 1 aromatic rings. The van der Waals surface area contributed by atoms with Crippen molar-refractivity contribution in [1.82, 2.24) is 15.1 Å². The summed E-state index contributed by atoms with van der Waals surface area (Å²) in [6.45, 7) is 6.56. The van der Waals surface area contributed by atoms with Gasteiger partial charge in [0.05, 0.1) is 24.3 Å². The molecule has 2 atom stereocenters. The first-order valence-electron chi connectivity index (χ1n) is 11.1. The van der Waals surface area contributed by atoms with E-state index in [1.165, 1.54) is 12.1 Å². The predicted molar refractivity (Wildman–Crippen MR) is 116 cm³/mol. The topological polar surface area (TPSA) is 132 Å². The van der Waals surface area contributed by atoms with Gasteiger partial charge in [0.25, 0.3) is 11.8 Å². The number of amides is 5. The molecular formula is C23H27N3O8. The quantitative estimate of drug-likeness (QED) is 0.643. The summed E-state index contributed by atoms with van der Waals surface area (Å²) in [5, 5.41) is 2.17. The number of morpholine rings is 1. The largest absolute Gasteiger partial charge is 0.491 e. The minimum Gasteiger partial charge on any atom is -0.491 e. The Kier molecular flexibility index (Phi) is 6.30. The monoisotopic (exact) mass is 473 g/mol. The molecule has 1 aromatic carbocycles. The van der Waals surface area contributed by atoms with E-state index in [1.807, 2.05) is 0 Å². The lowest BCUT2D eigenvalue weighted by Crippen LogP contribution is -2.54. The fourth-order valence-corrected chi connectivity index (χ4v) is 4.04. The van der Waals surface area contributed by atoms with E-state index in [-0.39, 0.29) is 30.6 Å². The van der Waals surface area contributed by atoms with E-state index in [2.05, 4.69) is 5.32 Å². The molecule has 34 heavy (non-hydrogen) atoms. The lowest BCUT2D eigenvalue weighted by atomic mass is 10.0. The number of piperidine rings is 1. The summed E-state index contributed by atoms with van der Waals surface area (Å²) in [4.78, 5) is 64.1. The molecule has 0 aromatic heterocycles. The van der Waals surface area contributed by atoms with Gasteiger partial charge in [-0.15, -0.1) is 0 Å². The molecule has 182 valence electrons. The number of hydrogen-bond acceptors (Lipinski definition) is 8. The van der Waals surface area contributed by atoms with E-state index in [9.17, 15) is 24.0 Å². The van der Waals surface area contributed by atoms with Crippen molar-refractivity contribution in [2.45, 2.75) is 51.4 Å². The van der Waals surface area contributed by atoms with Gasteiger partial charge in [-0.1, -0.05) is 0 Å². The number of rotatable bonds is 4. The van der Waals surface area contributed by atoms with Gasteiger partial charge in [0.1, 0.15) is 30.1 Å². The number of fused-ring (bicyclic) bond motifs is 1. The Labute approximate surface area is 196 Å². The first-order chi connectivity index (χ1) is 16.0. The molecule has 0 saturated carbocycles. The summed E-state index contributed by atoms with van der Waals surface area (Å²) < 4.78 is 16.9. The van der Waals surface area contributed by atoms with Gasteiger partial charge in [0, 0.05) is 13.0 Å². The van der Waals surface area contributed by atoms with E-state index in [1.54, 1.807) is 31.7 Å². The van der Waals surface area contributed by atoms with E-state index in [0.29, 0.717) is 25.4 Å². The number of imide groups is 2. The van der Waals surface area contributed by atoms with Crippen LogP contribution in [0.1, 0.15) is 54.3 Å². The van der Waals surface area contributed by atoms with Crippen LogP contribution in [0.5, 0.6) is 5.75 Å². The van der Waals surface area contributed by atoms with Crippen LogP contribution in [0.3, 0.4) is 0 Å². The molecule has 11 heteroatoms. The molecule has 4 rings (SSSR count). The molecule has 1 unspecified atom stereocenters. The number of hydrogen-bond donors (Lipinski definition) is 1. The van der Waals surface area contributed by atoms with Gasteiger partial charge in [-0.3, -0.25) is 29.4 Å². The summed E-state index contributed by atoms with van der Waals surface area (Å²) >= 11 is 0. The molecule has 11 nitrogen and oxygen atoms in total. The number of ether oxygens (including phenoxy) is 3. The summed E-state index contributed by atoms with van der Waals surface area (Å²) in [6.07, 6.45) is -0.671. The minimum atomic E-state index is -1.02. The molecule has 0 spiro atoms. The maximum atomic E-state index is 12.9. The van der Waals surface area contributed by atoms with Crippen molar-refractivity contribution in [3.8, 4) is 5.75 Å². The molecule has 3 aliphatic heterocycles. The molecule has 3 heterocycles. The summed E-state index contributed by atoms with van der Waals surface area (Å²) in [5.74, 6) is -1.92. The van der Waals surface area contributed by atoms with Gasteiger partial charge in [-0.25, -0.2) is 4.79 Å². The molecule has 0 bridgehead atoms. The van der Waals surface area contributed by atoms with E-state index < -0.39 is 47.5 Å². The lowest BCUT2D eigenvalue weighted by Gasteiger charge is -2.34. The molecule has 2 fully saturated rings. The second-order valence-electron chi connectivity index (χ2n) is 9.38. The molecule has 3 aliphatic rings. The average molecular weight is 473 g/mol. The van der Waals surface area contributed by atoms with Crippen molar-refractivity contribution in [3.05, 3.63) is 29.3 Å². The third-order valence-corrected chi connectivity index (χ3v) is 5.64. The van der Waals surface area contributed by atoms with Gasteiger partial charge in [0.15, 0.2) is 0 Å². The zero-order valence-corrected chi connectivity index (χ0v) is 19.3. The van der Waals surface area contributed by atoms with E-state index in [0.717, 1.165) is 4.90 Å². The Morgan fingerprint density at radius 1 is 1.15 bits per heavy atom. The van der Waals surface area contributed by atoms with Gasteiger partial charge in [0.2, 0.25) is 11.8 Å². The van der Waals surface area contributed by atoms with E-state index in [4.69, 9.17) is 14.2 Å². The standard InChI is InChI=1S/C23H27N3O8/c1-23(2,3)34-22(31)25-8-9-32-14(11-25)12-33-13-4-5-15-16(10-13)21(30)26(20(15)29)17-6-7-18(27)24-19(17)28/h4-5,10,14,17H,6-9,11-12H2,1-3H3,(H,24,27,28)/t14-,17?/m0/s1. The number of benzene rings is 1. The highest BCUT2D eigenvalue weighted by atomic mass is 16.6. The van der Waals surface area contributed by atoms with E-state index >= 15 is 0 Å². The highest BCUT2D eigenvalue weighted by molar-refractivity contribution is 6.23. The normalized spacial score (nSPS) is 23.0. The maximum absolute atomic E-state index is 12.9. The van der Waals surface area contributed by atoms with Crippen LogP contribution < -0.4 is 10.1 Å². The molecule has 0 radical (unpaired) electrons. The highest BCUT2D eigenvalue weighted by Crippen LogP contribution is 2.30. The number of nitrogens with zero attached hydrogens (tertiary/aromatic N) is 2. The highest BCUT2D eigenvalue weighted by Gasteiger charge is 2.44. The molecule has 2 saturated heterocycles. The van der Waals surface area contributed by atoms with Gasteiger partial charge in [-0.2, -0.15) is 0 Å². The van der Waals surface area contributed by atoms with Crippen molar-refractivity contribution in [2.24, 2.45) is 0 Å². The van der Waals surface area contributed by atoms with Crippen molar-refractivity contribution in [2.75, 3.05) is 26.3 Å². The van der Waals surface area contributed by atoms with Gasteiger partial charge in [-0.05, 0) is 45.4 Å². The van der Waals surface area contributed by atoms with Crippen LogP contribution in [0.15, 0.2) is 18.2 Å². The smallest absolute Gasteiger partial charge is 0.410 e. The molecular weight excluding hydrogens is 446 g/mol. The number of carbonyl (C=O) groups is 5. The number of carbonyl (C=O) groups excluding carboxylic acids is 5. The lowest BCUT2D eigenvalue weighted by molar-refractivity contribution is -0.136. The van der Waals surface area contributed by atoms with Crippen LogP contribution in [0.25, 0.3) is 0 Å². The first kappa shape index (κ1) is 23.7. The third-order valence-electron chi connectivity index (χ3n) is 5.64.